The molecule has 2 saturated carbocycles. The van der Waals surface area contributed by atoms with Crippen LogP contribution in [-0.4, -0.2) is 19.7 Å². The molecule has 0 radical (unpaired) electrons. The maximum Gasteiger partial charge on any atom is 0.251 e. The van der Waals surface area contributed by atoms with Crippen LogP contribution in [0.2, 0.25) is 0 Å². The summed E-state index contributed by atoms with van der Waals surface area (Å²) in [6, 6.07) is 10.2. The smallest absolute Gasteiger partial charge is 0.251 e. The molecule has 2 aromatic carbocycles. The van der Waals surface area contributed by atoms with Crippen molar-refractivity contribution in [1.29, 1.82) is 0 Å². The summed E-state index contributed by atoms with van der Waals surface area (Å²) in [5.41, 5.74) is 2.30. The van der Waals surface area contributed by atoms with Gasteiger partial charge in [0.25, 0.3) is 5.92 Å². The second kappa shape index (κ2) is 12.0. The zero-order chi connectivity index (χ0) is 25.7. The zero-order valence-electron chi connectivity index (χ0n) is 21.1. The summed E-state index contributed by atoms with van der Waals surface area (Å²) in [5, 5.41) is 0. The molecule has 4 rings (SSSR count). The minimum absolute atomic E-state index is 0.0208. The second-order valence-corrected chi connectivity index (χ2v) is 10.8. The first-order valence-electron chi connectivity index (χ1n) is 13.4. The van der Waals surface area contributed by atoms with E-state index in [0.29, 0.717) is 42.2 Å². The van der Waals surface area contributed by atoms with Crippen molar-refractivity contribution in [2.75, 3.05) is 13.8 Å². The summed E-state index contributed by atoms with van der Waals surface area (Å²) in [6.07, 6.45) is 7.44. The molecule has 1 nitrogen and oxygen atoms in total. The van der Waals surface area contributed by atoms with E-state index < -0.39 is 23.5 Å². The molecule has 0 atom stereocenters. The Balaban J connectivity index is 1.28. The molecule has 198 valence electrons. The number of rotatable bonds is 9. The van der Waals surface area contributed by atoms with E-state index in [0.717, 1.165) is 50.5 Å². The third kappa shape index (κ3) is 6.41. The van der Waals surface area contributed by atoms with Gasteiger partial charge in [0.1, 0.15) is 0 Å². The molecule has 0 aliphatic heterocycles. The Labute approximate surface area is 211 Å². The summed E-state index contributed by atoms with van der Waals surface area (Å²) in [7, 11) is 1.23. The Hall–Kier alpha value is -2.11. The molecule has 2 aromatic rings. The van der Waals surface area contributed by atoms with Gasteiger partial charge in [0.15, 0.2) is 17.4 Å². The lowest BCUT2D eigenvalue weighted by molar-refractivity contribution is -0.0955. The van der Waals surface area contributed by atoms with Crippen molar-refractivity contribution in [2.24, 2.45) is 17.8 Å². The molecule has 0 heterocycles. The van der Waals surface area contributed by atoms with Gasteiger partial charge in [0.2, 0.25) is 0 Å². The van der Waals surface area contributed by atoms with Crippen molar-refractivity contribution in [3.05, 3.63) is 53.6 Å². The monoisotopic (exact) mass is 508 g/mol. The van der Waals surface area contributed by atoms with Gasteiger partial charge in [0, 0.05) is 12.3 Å². The number of ether oxygens (including phenoxy) is 1. The Morgan fingerprint density at radius 2 is 1.39 bits per heavy atom. The minimum atomic E-state index is -2.62. The van der Waals surface area contributed by atoms with Gasteiger partial charge in [-0.2, -0.15) is 0 Å². The van der Waals surface area contributed by atoms with Gasteiger partial charge in [-0.1, -0.05) is 24.3 Å². The van der Waals surface area contributed by atoms with Crippen LogP contribution in [0.1, 0.15) is 82.1 Å². The van der Waals surface area contributed by atoms with Crippen LogP contribution in [0, 0.1) is 29.4 Å². The molecule has 6 heteroatoms. The van der Waals surface area contributed by atoms with E-state index in [2.05, 4.69) is 0 Å². The Morgan fingerprint density at radius 3 is 1.94 bits per heavy atom. The molecule has 0 spiro atoms. The molecule has 36 heavy (non-hydrogen) atoms. The van der Waals surface area contributed by atoms with E-state index in [-0.39, 0.29) is 24.8 Å². The van der Waals surface area contributed by atoms with Crippen molar-refractivity contribution in [3.8, 4) is 16.9 Å². The van der Waals surface area contributed by atoms with Crippen LogP contribution >= 0.6 is 0 Å². The Morgan fingerprint density at radius 1 is 0.806 bits per heavy atom. The molecule has 0 unspecified atom stereocenters. The van der Waals surface area contributed by atoms with Crippen molar-refractivity contribution in [1.82, 2.24) is 0 Å². The first-order valence-corrected chi connectivity index (χ1v) is 13.4. The van der Waals surface area contributed by atoms with E-state index in [9.17, 15) is 13.2 Å². The van der Waals surface area contributed by atoms with Crippen LogP contribution in [0.3, 0.4) is 0 Å². The van der Waals surface area contributed by atoms with Crippen molar-refractivity contribution in [2.45, 2.75) is 82.5 Å². The molecule has 0 bridgehead atoms. The fraction of sp³-hybridized carbons (Fsp3) is 0.600. The van der Waals surface area contributed by atoms with Crippen LogP contribution in [0.4, 0.5) is 22.0 Å². The van der Waals surface area contributed by atoms with Gasteiger partial charge in [-0.3, -0.25) is 4.39 Å². The molecule has 2 aliphatic carbocycles. The summed E-state index contributed by atoms with van der Waals surface area (Å²) in [4.78, 5) is 0. The first-order chi connectivity index (χ1) is 17.3. The lowest BCUT2D eigenvalue weighted by Crippen LogP contribution is -2.34. The normalized spacial score (nSPS) is 25.1. The van der Waals surface area contributed by atoms with Crippen LogP contribution in [0.15, 0.2) is 36.4 Å². The van der Waals surface area contributed by atoms with E-state index in [1.54, 1.807) is 0 Å². The molecule has 0 saturated heterocycles. The maximum atomic E-state index is 15.1. The standard InChI is InChI=1S/C30H37F5O/c1-36-29-27(32)17-25(18-28(29)33)24-12-10-23(11-13-24)22-8-4-21(5-9-22)19-30(34,35)26-14-6-20(7-15-26)3-2-16-31/h10-13,17-18,20-22,26H,2-9,14-16,19H2,1H3. The summed E-state index contributed by atoms with van der Waals surface area (Å²) in [5.74, 6) is -4.24. The fourth-order valence-electron chi connectivity index (χ4n) is 6.36. The second-order valence-electron chi connectivity index (χ2n) is 10.8. The molecular formula is C30H37F5O. The number of halogens is 5. The lowest BCUT2D eigenvalue weighted by Gasteiger charge is -2.37. The van der Waals surface area contributed by atoms with Crippen molar-refractivity contribution >= 4 is 0 Å². The predicted molar refractivity (Wildman–Crippen MR) is 133 cm³/mol. The number of hydrogen-bond acceptors (Lipinski definition) is 1. The highest BCUT2D eigenvalue weighted by atomic mass is 19.3. The van der Waals surface area contributed by atoms with Crippen molar-refractivity contribution < 1.29 is 26.7 Å². The van der Waals surface area contributed by atoms with Crippen LogP contribution in [0.25, 0.3) is 11.1 Å². The van der Waals surface area contributed by atoms with Gasteiger partial charge >= 0.3 is 0 Å². The summed E-state index contributed by atoms with van der Waals surface area (Å²) >= 11 is 0. The molecule has 0 N–H and O–H groups in total. The van der Waals surface area contributed by atoms with Gasteiger partial charge in [-0.25, -0.2) is 17.6 Å². The number of methoxy groups -OCH3 is 1. The molecule has 0 aromatic heterocycles. The summed E-state index contributed by atoms with van der Waals surface area (Å²) < 4.78 is 75.5. The fourth-order valence-corrected chi connectivity index (χ4v) is 6.36. The van der Waals surface area contributed by atoms with E-state index in [1.807, 2.05) is 24.3 Å². The molecule has 2 aliphatic rings. The van der Waals surface area contributed by atoms with Gasteiger partial charge < -0.3 is 4.74 Å². The Bertz CT molecular complexity index is 950. The maximum absolute atomic E-state index is 15.1. The van der Waals surface area contributed by atoms with Crippen LogP contribution in [-0.2, 0) is 0 Å². The topological polar surface area (TPSA) is 9.23 Å². The highest BCUT2D eigenvalue weighted by Gasteiger charge is 2.43. The third-order valence-electron chi connectivity index (χ3n) is 8.52. The average molecular weight is 509 g/mol. The SMILES string of the molecule is COc1c(F)cc(-c2ccc(C3CCC(CC(F)(F)C4CCC(CCCF)CC4)CC3)cc2)cc1F. The number of hydrogen-bond donors (Lipinski definition) is 0. The van der Waals surface area contributed by atoms with Crippen molar-refractivity contribution in [3.63, 3.8) is 0 Å². The number of alkyl halides is 3. The van der Waals surface area contributed by atoms with E-state index >= 15 is 8.78 Å². The highest BCUT2D eigenvalue weighted by molar-refractivity contribution is 5.65. The van der Waals surface area contributed by atoms with E-state index in [1.165, 1.54) is 19.2 Å². The van der Waals surface area contributed by atoms with Gasteiger partial charge in [-0.15, -0.1) is 0 Å². The average Bonchev–Trinajstić information content (AvgIpc) is 2.88. The van der Waals surface area contributed by atoms with Crippen LogP contribution < -0.4 is 4.74 Å². The lowest BCUT2D eigenvalue weighted by atomic mass is 9.72. The molecular weight excluding hydrogens is 471 g/mol. The summed E-state index contributed by atoms with van der Waals surface area (Å²) in [6.45, 7) is -0.314. The van der Waals surface area contributed by atoms with E-state index in [4.69, 9.17) is 4.74 Å². The first kappa shape index (κ1) is 26.9. The Kier molecular flexibility index (Phi) is 8.95. The largest absolute Gasteiger partial charge is 0.491 e. The molecule has 0 amide bonds. The van der Waals surface area contributed by atoms with Gasteiger partial charge in [0.05, 0.1) is 13.8 Å². The highest BCUT2D eigenvalue weighted by Crippen LogP contribution is 2.46. The molecule has 2 fully saturated rings. The minimum Gasteiger partial charge on any atom is -0.491 e. The van der Waals surface area contributed by atoms with Gasteiger partial charge in [-0.05, 0) is 111 Å². The van der Waals surface area contributed by atoms with Crippen LogP contribution in [0.5, 0.6) is 5.75 Å². The predicted octanol–water partition coefficient (Wildman–Crippen LogP) is 9.50. The quantitative estimate of drug-likeness (QED) is 0.307. The number of benzene rings is 2. The zero-order valence-corrected chi connectivity index (χ0v) is 21.1. The third-order valence-corrected chi connectivity index (χ3v) is 8.52.